The van der Waals surface area contributed by atoms with E-state index in [-0.39, 0.29) is 5.78 Å². The van der Waals surface area contributed by atoms with Crippen LogP contribution in [0.4, 0.5) is 0 Å². The van der Waals surface area contributed by atoms with Crippen molar-refractivity contribution < 1.29 is 4.79 Å². The fourth-order valence-corrected chi connectivity index (χ4v) is 3.45. The van der Waals surface area contributed by atoms with Gasteiger partial charge in [0.25, 0.3) is 0 Å². The summed E-state index contributed by atoms with van der Waals surface area (Å²) in [5.74, 6) is 0.120. The summed E-state index contributed by atoms with van der Waals surface area (Å²) in [5.41, 5.74) is 5.04. The Labute approximate surface area is 142 Å². The number of Topliss-reactive ketones (excluding diaryl/α,β-unsaturated/α-hetero) is 1. The molecule has 0 aromatic heterocycles. The topological polar surface area (TPSA) is 41.5 Å². The second kappa shape index (κ2) is 6.26. The molecule has 1 N–H and O–H groups in total. The molecule has 1 atom stereocenters. The van der Waals surface area contributed by atoms with E-state index in [1.54, 1.807) is 0 Å². The summed E-state index contributed by atoms with van der Waals surface area (Å²) in [5, 5.41) is 5.19. The van der Waals surface area contributed by atoms with Crippen molar-refractivity contribution >= 4 is 38.5 Å². The zero-order chi connectivity index (χ0) is 15.6. The summed E-state index contributed by atoms with van der Waals surface area (Å²) < 4.78 is 1.01. The number of ketones is 1. The van der Waals surface area contributed by atoms with E-state index in [1.807, 2.05) is 61.5 Å². The van der Waals surface area contributed by atoms with Crippen LogP contribution in [0.3, 0.4) is 0 Å². The molecule has 2 aromatic carbocycles. The van der Waals surface area contributed by atoms with Crippen LogP contribution in [0.5, 0.6) is 0 Å². The number of hydrazone groups is 1. The molecule has 1 aliphatic heterocycles. The number of hydrogen-bond donors (Lipinski definition) is 1. The second-order valence-corrected chi connectivity index (χ2v) is 7.58. The van der Waals surface area contributed by atoms with Gasteiger partial charge in [-0.2, -0.15) is 5.10 Å². The Balaban J connectivity index is 1.70. The number of nitrogens with zero attached hydrogens (tertiary/aromatic N) is 1. The van der Waals surface area contributed by atoms with Crippen molar-refractivity contribution in [3.05, 3.63) is 70.2 Å². The van der Waals surface area contributed by atoms with Gasteiger partial charge < -0.3 is 0 Å². The third kappa shape index (κ3) is 3.25. The smallest absolute Gasteiger partial charge is 0.174 e. The maximum atomic E-state index is 12.6. The number of carbonyl (C=O) groups excluding carboxylic acids is 1. The van der Waals surface area contributed by atoms with E-state index in [0.717, 1.165) is 20.6 Å². The highest BCUT2D eigenvalue weighted by Gasteiger charge is 2.39. The summed E-state index contributed by atoms with van der Waals surface area (Å²) in [6, 6.07) is 17.7. The second-order valence-electron chi connectivity index (χ2n) is 5.26. The molecule has 112 valence electrons. The highest BCUT2D eigenvalue weighted by Crippen LogP contribution is 2.33. The molecule has 0 amide bonds. The lowest BCUT2D eigenvalue weighted by Crippen LogP contribution is -2.42. The van der Waals surface area contributed by atoms with Crippen LogP contribution >= 0.6 is 27.7 Å². The average Bonchev–Trinajstić information content (AvgIpc) is 2.94. The fraction of sp³-hybridized carbons (Fsp3) is 0.176. The first-order valence-corrected chi connectivity index (χ1v) is 8.55. The number of carbonyl (C=O) groups is 1. The number of rotatable bonds is 4. The van der Waals surface area contributed by atoms with Gasteiger partial charge in [-0.15, -0.1) is 0 Å². The van der Waals surface area contributed by atoms with Crippen molar-refractivity contribution in [2.75, 3.05) is 0 Å². The van der Waals surface area contributed by atoms with E-state index < -0.39 is 4.87 Å². The Hall–Kier alpha value is -1.59. The highest BCUT2D eigenvalue weighted by molar-refractivity contribution is 9.10. The normalized spacial score (nSPS) is 20.4. The molecule has 0 bridgehead atoms. The molecule has 1 heterocycles. The predicted molar refractivity (Wildman–Crippen MR) is 95.0 cm³/mol. The van der Waals surface area contributed by atoms with Crippen LogP contribution < -0.4 is 5.43 Å². The Morgan fingerprint density at radius 2 is 1.86 bits per heavy atom. The van der Waals surface area contributed by atoms with Crippen molar-refractivity contribution in [3.63, 3.8) is 0 Å². The molecule has 5 heteroatoms. The van der Waals surface area contributed by atoms with Gasteiger partial charge in [-0.1, -0.05) is 70.2 Å². The van der Waals surface area contributed by atoms with Crippen molar-refractivity contribution in [3.8, 4) is 0 Å². The van der Waals surface area contributed by atoms with E-state index >= 15 is 0 Å². The van der Waals surface area contributed by atoms with Crippen LogP contribution in [0.25, 0.3) is 0 Å². The van der Waals surface area contributed by atoms with Gasteiger partial charge >= 0.3 is 0 Å². The highest BCUT2D eigenvalue weighted by atomic mass is 79.9. The first kappa shape index (κ1) is 15.3. The monoisotopic (exact) mass is 374 g/mol. The molecule has 0 radical (unpaired) electrons. The number of benzene rings is 2. The van der Waals surface area contributed by atoms with Crippen molar-refractivity contribution in [2.24, 2.45) is 5.10 Å². The molecule has 3 rings (SSSR count). The molecule has 0 fully saturated rings. The van der Waals surface area contributed by atoms with Crippen molar-refractivity contribution in [1.29, 1.82) is 0 Å². The molecular weight excluding hydrogens is 360 g/mol. The van der Waals surface area contributed by atoms with Gasteiger partial charge in [0.2, 0.25) is 0 Å². The average molecular weight is 375 g/mol. The molecule has 0 aliphatic carbocycles. The van der Waals surface area contributed by atoms with Gasteiger partial charge in [-0.3, -0.25) is 10.2 Å². The van der Waals surface area contributed by atoms with Crippen LogP contribution in [0.2, 0.25) is 0 Å². The predicted octanol–water partition coefficient (Wildman–Crippen LogP) is 3.98. The van der Waals surface area contributed by atoms with Crippen LogP contribution in [-0.4, -0.2) is 15.7 Å². The maximum Gasteiger partial charge on any atom is 0.174 e. The van der Waals surface area contributed by atoms with Gasteiger partial charge in [0.05, 0.1) is 0 Å². The van der Waals surface area contributed by atoms with Gasteiger partial charge in [0, 0.05) is 16.5 Å². The van der Waals surface area contributed by atoms with Crippen LogP contribution in [0, 0.1) is 0 Å². The minimum Gasteiger partial charge on any atom is -0.296 e. The summed E-state index contributed by atoms with van der Waals surface area (Å²) in [6.07, 6.45) is 0.390. The van der Waals surface area contributed by atoms with Gasteiger partial charge in [-0.05, 0) is 24.6 Å². The summed E-state index contributed by atoms with van der Waals surface area (Å²) in [7, 11) is 0. The molecule has 22 heavy (non-hydrogen) atoms. The van der Waals surface area contributed by atoms with E-state index in [1.165, 1.54) is 11.8 Å². The first-order valence-electron chi connectivity index (χ1n) is 6.94. The third-order valence-electron chi connectivity index (χ3n) is 3.50. The number of hydrogen-bond acceptors (Lipinski definition) is 4. The number of thioether (sulfide) groups is 1. The maximum absolute atomic E-state index is 12.6. The largest absolute Gasteiger partial charge is 0.296 e. The lowest BCUT2D eigenvalue weighted by molar-refractivity contribution is -0.121. The van der Waals surface area contributed by atoms with E-state index in [2.05, 4.69) is 26.5 Å². The van der Waals surface area contributed by atoms with E-state index in [0.29, 0.717) is 6.42 Å². The van der Waals surface area contributed by atoms with Gasteiger partial charge in [0.1, 0.15) is 5.04 Å². The summed E-state index contributed by atoms with van der Waals surface area (Å²) in [4.78, 5) is 11.9. The third-order valence-corrected chi connectivity index (χ3v) is 5.28. The summed E-state index contributed by atoms with van der Waals surface area (Å²) >= 11 is 4.88. The standard InChI is InChI=1S/C17H15BrN2OS/c1-17(15(21)11-12-7-9-14(18)10-8-12)20-19-16(22-17)13-5-3-2-4-6-13/h2-10,20H,11H2,1H3. The zero-order valence-electron chi connectivity index (χ0n) is 12.0. The fourth-order valence-electron chi connectivity index (χ4n) is 2.18. The molecule has 2 aromatic rings. The number of nitrogens with one attached hydrogen (secondary N) is 1. The lowest BCUT2D eigenvalue weighted by atomic mass is 10.0. The van der Waals surface area contributed by atoms with Crippen LogP contribution in [-0.2, 0) is 11.2 Å². The summed E-state index contributed by atoms with van der Waals surface area (Å²) in [6.45, 7) is 1.89. The van der Waals surface area contributed by atoms with Crippen molar-refractivity contribution in [2.45, 2.75) is 18.2 Å². The lowest BCUT2D eigenvalue weighted by Gasteiger charge is -2.21. The molecule has 0 saturated carbocycles. The SMILES string of the molecule is CC1(C(=O)Cc2ccc(Br)cc2)NN=C(c2ccccc2)S1. The molecule has 0 saturated heterocycles. The molecule has 0 spiro atoms. The molecule has 3 nitrogen and oxygen atoms in total. The van der Waals surface area contributed by atoms with Gasteiger partial charge in [-0.25, -0.2) is 0 Å². The molecular formula is C17H15BrN2OS. The van der Waals surface area contributed by atoms with Gasteiger partial charge in [0.15, 0.2) is 10.7 Å². The Morgan fingerprint density at radius 1 is 1.18 bits per heavy atom. The van der Waals surface area contributed by atoms with Crippen LogP contribution in [0.15, 0.2) is 64.2 Å². The quantitative estimate of drug-likeness (QED) is 0.879. The number of halogens is 1. The van der Waals surface area contributed by atoms with Crippen molar-refractivity contribution in [1.82, 2.24) is 5.43 Å². The minimum absolute atomic E-state index is 0.120. The first-order chi connectivity index (χ1) is 10.6. The Kier molecular flexibility index (Phi) is 4.36. The molecule has 1 aliphatic rings. The Morgan fingerprint density at radius 3 is 2.55 bits per heavy atom. The Bertz CT molecular complexity index is 715. The van der Waals surface area contributed by atoms with Crippen LogP contribution in [0.1, 0.15) is 18.1 Å². The minimum atomic E-state index is -0.710. The van der Waals surface area contributed by atoms with E-state index in [9.17, 15) is 4.79 Å². The molecule has 1 unspecified atom stereocenters. The van der Waals surface area contributed by atoms with E-state index in [4.69, 9.17) is 0 Å². The zero-order valence-corrected chi connectivity index (χ0v) is 14.4.